The predicted molar refractivity (Wildman–Crippen MR) is 70.6 cm³/mol. The van der Waals surface area contributed by atoms with Crippen LogP contribution in [0.1, 0.15) is 27.1 Å². The molecule has 2 aromatic rings. The molecule has 3 rings (SSSR count). The van der Waals surface area contributed by atoms with Crippen molar-refractivity contribution < 1.29 is 14.3 Å². The van der Waals surface area contributed by atoms with Gasteiger partial charge in [-0.1, -0.05) is 42.5 Å². The molecule has 0 amide bonds. The Kier molecular flexibility index (Phi) is 2.88. The first-order valence-corrected chi connectivity index (χ1v) is 6.14. The number of carbonyl (C=O) groups is 2. The van der Waals surface area contributed by atoms with Gasteiger partial charge in [0.25, 0.3) is 0 Å². The fourth-order valence-electron chi connectivity index (χ4n) is 2.20. The van der Waals surface area contributed by atoms with Crippen molar-refractivity contribution in [3.63, 3.8) is 0 Å². The lowest BCUT2D eigenvalue weighted by molar-refractivity contribution is 0.0781. The van der Waals surface area contributed by atoms with Gasteiger partial charge in [0.05, 0.1) is 12.0 Å². The Hall–Kier alpha value is -2.42. The van der Waals surface area contributed by atoms with Crippen LogP contribution in [0.4, 0.5) is 0 Å². The first-order valence-electron chi connectivity index (χ1n) is 6.14. The quantitative estimate of drug-likeness (QED) is 0.789. The van der Waals surface area contributed by atoms with E-state index in [4.69, 9.17) is 4.74 Å². The van der Waals surface area contributed by atoms with Gasteiger partial charge in [0.2, 0.25) is 5.78 Å². The van der Waals surface area contributed by atoms with E-state index < -0.39 is 6.10 Å². The molecule has 2 aromatic carbocycles. The number of hydrogen-bond acceptors (Lipinski definition) is 3. The summed E-state index contributed by atoms with van der Waals surface area (Å²) < 4.78 is 5.54. The summed E-state index contributed by atoms with van der Waals surface area (Å²) in [5.74, 6) is 0.380. The number of Topliss-reactive ketones (excluding diaryl/α,β-unsaturated/α-hetero) is 2. The standard InChI is InChI=1S/C16H12O3/c17-13(11-6-2-1-3-7-11)10-15-16(18)12-8-4-5-9-14(12)19-15/h1-9,15H,10H2. The molecule has 1 aliphatic rings. The molecule has 1 atom stereocenters. The van der Waals surface area contributed by atoms with Crippen LogP contribution in [-0.4, -0.2) is 17.7 Å². The number of ketones is 2. The first-order chi connectivity index (χ1) is 9.25. The third-order valence-electron chi connectivity index (χ3n) is 3.18. The van der Waals surface area contributed by atoms with Crippen LogP contribution in [0.2, 0.25) is 0 Å². The molecule has 0 aromatic heterocycles. The van der Waals surface area contributed by atoms with Crippen LogP contribution in [-0.2, 0) is 0 Å². The smallest absolute Gasteiger partial charge is 0.207 e. The highest BCUT2D eigenvalue weighted by molar-refractivity contribution is 6.08. The van der Waals surface area contributed by atoms with Crippen LogP contribution < -0.4 is 4.74 Å². The molecule has 94 valence electrons. The van der Waals surface area contributed by atoms with E-state index >= 15 is 0 Å². The van der Waals surface area contributed by atoms with Gasteiger partial charge in [0.1, 0.15) is 5.75 Å². The Balaban J connectivity index is 1.77. The summed E-state index contributed by atoms with van der Waals surface area (Å²) in [5, 5.41) is 0. The fraction of sp³-hybridized carbons (Fsp3) is 0.125. The molecule has 0 spiro atoms. The Bertz CT molecular complexity index is 631. The highest BCUT2D eigenvalue weighted by Crippen LogP contribution is 2.30. The number of hydrogen-bond donors (Lipinski definition) is 0. The second-order valence-electron chi connectivity index (χ2n) is 4.46. The average molecular weight is 252 g/mol. The Labute approximate surface area is 110 Å². The van der Waals surface area contributed by atoms with E-state index in [1.54, 1.807) is 42.5 Å². The molecule has 3 nitrogen and oxygen atoms in total. The third-order valence-corrected chi connectivity index (χ3v) is 3.18. The van der Waals surface area contributed by atoms with Crippen molar-refractivity contribution >= 4 is 11.6 Å². The molecule has 0 fully saturated rings. The van der Waals surface area contributed by atoms with Gasteiger partial charge in [0.15, 0.2) is 11.9 Å². The van der Waals surface area contributed by atoms with Gasteiger partial charge in [-0.05, 0) is 12.1 Å². The Morgan fingerprint density at radius 2 is 1.68 bits per heavy atom. The van der Waals surface area contributed by atoms with Crippen molar-refractivity contribution in [3.05, 3.63) is 65.7 Å². The fourth-order valence-corrected chi connectivity index (χ4v) is 2.20. The lowest BCUT2D eigenvalue weighted by Crippen LogP contribution is -2.24. The van der Waals surface area contributed by atoms with Crippen LogP contribution in [0, 0.1) is 0 Å². The number of fused-ring (bicyclic) bond motifs is 1. The Morgan fingerprint density at radius 3 is 2.42 bits per heavy atom. The van der Waals surface area contributed by atoms with Crippen LogP contribution in [0.25, 0.3) is 0 Å². The van der Waals surface area contributed by atoms with Gasteiger partial charge < -0.3 is 4.74 Å². The highest BCUT2D eigenvalue weighted by Gasteiger charge is 2.33. The average Bonchev–Trinajstić information content (AvgIpc) is 2.77. The SMILES string of the molecule is O=C(CC1Oc2ccccc2C1=O)c1ccccc1. The number of rotatable bonds is 3. The van der Waals surface area contributed by atoms with Crippen LogP contribution in [0.15, 0.2) is 54.6 Å². The van der Waals surface area contributed by atoms with E-state index in [1.807, 2.05) is 12.1 Å². The van der Waals surface area contributed by atoms with Crippen molar-refractivity contribution in [2.75, 3.05) is 0 Å². The molecular formula is C16H12O3. The van der Waals surface area contributed by atoms with Gasteiger partial charge in [-0.15, -0.1) is 0 Å². The molecule has 0 aliphatic carbocycles. The molecule has 0 radical (unpaired) electrons. The molecule has 3 heteroatoms. The van der Waals surface area contributed by atoms with Crippen LogP contribution >= 0.6 is 0 Å². The second kappa shape index (κ2) is 4.69. The van der Waals surface area contributed by atoms with E-state index in [2.05, 4.69) is 0 Å². The van der Waals surface area contributed by atoms with Gasteiger partial charge in [-0.3, -0.25) is 9.59 Å². The van der Waals surface area contributed by atoms with E-state index in [0.29, 0.717) is 16.9 Å². The summed E-state index contributed by atoms with van der Waals surface area (Å²) in [6, 6.07) is 16.0. The minimum atomic E-state index is -0.690. The largest absolute Gasteiger partial charge is 0.481 e. The normalized spacial score (nSPS) is 16.8. The molecule has 19 heavy (non-hydrogen) atoms. The van der Waals surface area contributed by atoms with Gasteiger partial charge in [-0.25, -0.2) is 0 Å². The number of carbonyl (C=O) groups excluding carboxylic acids is 2. The summed E-state index contributed by atoms with van der Waals surface area (Å²) in [6.45, 7) is 0. The third kappa shape index (κ3) is 2.15. The molecular weight excluding hydrogens is 240 g/mol. The van der Waals surface area contributed by atoms with E-state index in [9.17, 15) is 9.59 Å². The van der Waals surface area contributed by atoms with E-state index in [1.165, 1.54) is 0 Å². The minimum Gasteiger partial charge on any atom is -0.481 e. The van der Waals surface area contributed by atoms with Gasteiger partial charge >= 0.3 is 0 Å². The maximum atomic E-state index is 12.1. The Morgan fingerprint density at radius 1 is 1.00 bits per heavy atom. The van der Waals surface area contributed by atoms with Crippen molar-refractivity contribution in [1.29, 1.82) is 0 Å². The molecule has 1 heterocycles. The zero-order valence-electron chi connectivity index (χ0n) is 10.2. The molecule has 1 unspecified atom stereocenters. The summed E-state index contributed by atoms with van der Waals surface area (Å²) >= 11 is 0. The summed E-state index contributed by atoms with van der Waals surface area (Å²) in [5.41, 5.74) is 1.17. The maximum absolute atomic E-state index is 12.1. The van der Waals surface area contributed by atoms with Gasteiger partial charge in [0, 0.05) is 5.56 Å². The number of benzene rings is 2. The van der Waals surface area contributed by atoms with Crippen molar-refractivity contribution in [3.8, 4) is 5.75 Å². The lowest BCUT2D eigenvalue weighted by atomic mass is 10.0. The molecule has 0 saturated carbocycles. The highest BCUT2D eigenvalue weighted by atomic mass is 16.5. The van der Waals surface area contributed by atoms with E-state index in [-0.39, 0.29) is 18.0 Å². The second-order valence-corrected chi connectivity index (χ2v) is 4.46. The predicted octanol–water partition coefficient (Wildman–Crippen LogP) is 2.90. The lowest BCUT2D eigenvalue weighted by Gasteiger charge is -2.08. The molecule has 1 aliphatic heterocycles. The first kappa shape index (κ1) is 11.7. The zero-order valence-corrected chi connectivity index (χ0v) is 10.2. The van der Waals surface area contributed by atoms with Crippen molar-refractivity contribution in [2.45, 2.75) is 12.5 Å². The zero-order chi connectivity index (χ0) is 13.2. The molecule has 0 N–H and O–H groups in total. The monoisotopic (exact) mass is 252 g/mol. The summed E-state index contributed by atoms with van der Waals surface area (Å²) in [4.78, 5) is 24.2. The molecule has 0 bridgehead atoms. The van der Waals surface area contributed by atoms with Gasteiger partial charge in [-0.2, -0.15) is 0 Å². The number of ether oxygens (including phenoxy) is 1. The van der Waals surface area contributed by atoms with Crippen molar-refractivity contribution in [2.24, 2.45) is 0 Å². The number of para-hydroxylation sites is 1. The van der Waals surface area contributed by atoms with E-state index in [0.717, 1.165) is 0 Å². The maximum Gasteiger partial charge on any atom is 0.207 e. The molecule has 0 saturated heterocycles. The van der Waals surface area contributed by atoms with Crippen LogP contribution in [0.3, 0.4) is 0 Å². The summed E-state index contributed by atoms with van der Waals surface area (Å²) in [6.07, 6.45) is -0.609. The minimum absolute atomic E-state index is 0.0771. The van der Waals surface area contributed by atoms with Crippen molar-refractivity contribution in [1.82, 2.24) is 0 Å². The van der Waals surface area contributed by atoms with Crippen LogP contribution in [0.5, 0.6) is 5.75 Å². The topological polar surface area (TPSA) is 43.4 Å². The summed E-state index contributed by atoms with van der Waals surface area (Å²) in [7, 11) is 0.